The van der Waals surface area contributed by atoms with E-state index in [2.05, 4.69) is 24.1 Å². The first kappa shape index (κ1) is 21.4. The monoisotopic (exact) mass is 404 g/mol. The second-order valence-electron chi connectivity index (χ2n) is 7.75. The minimum absolute atomic E-state index is 0.101. The molecule has 3 aromatic rings. The molecule has 1 aromatic heterocycles. The Balaban J connectivity index is 1.65. The van der Waals surface area contributed by atoms with Crippen molar-refractivity contribution in [2.75, 3.05) is 5.32 Å². The Morgan fingerprint density at radius 2 is 1.60 bits per heavy atom. The largest absolute Gasteiger partial charge is 0.491 e. The van der Waals surface area contributed by atoms with Gasteiger partial charge in [0.05, 0.1) is 17.4 Å². The molecule has 1 heterocycles. The highest BCUT2D eigenvalue weighted by Crippen LogP contribution is 2.27. The van der Waals surface area contributed by atoms with Gasteiger partial charge in [0.1, 0.15) is 17.2 Å². The van der Waals surface area contributed by atoms with Crippen LogP contribution in [0.3, 0.4) is 0 Å². The predicted octanol–water partition coefficient (Wildman–Crippen LogP) is 6.35. The number of anilines is 1. The lowest BCUT2D eigenvalue weighted by atomic mass is 10.1. The van der Waals surface area contributed by atoms with Crippen molar-refractivity contribution in [3.05, 3.63) is 77.6 Å². The number of carbonyl (C=O) groups excluding carboxylic acids is 1. The molecule has 0 atom stereocenters. The van der Waals surface area contributed by atoms with Gasteiger partial charge in [-0.3, -0.25) is 9.78 Å². The number of nitrogens with zero attached hydrogens (tertiary/aromatic N) is 1. The maximum atomic E-state index is 12.6. The molecule has 0 spiro atoms. The van der Waals surface area contributed by atoms with Gasteiger partial charge < -0.3 is 14.8 Å². The fourth-order valence-corrected chi connectivity index (χ4v) is 2.97. The highest BCUT2D eigenvalue weighted by atomic mass is 16.5. The maximum Gasteiger partial charge on any atom is 0.257 e. The van der Waals surface area contributed by atoms with E-state index in [-0.39, 0.29) is 12.0 Å². The van der Waals surface area contributed by atoms with Crippen LogP contribution in [0.2, 0.25) is 0 Å². The Labute approximate surface area is 178 Å². The summed E-state index contributed by atoms with van der Waals surface area (Å²) < 4.78 is 11.6. The van der Waals surface area contributed by atoms with E-state index < -0.39 is 0 Å². The third-order valence-corrected chi connectivity index (χ3v) is 4.47. The Bertz CT molecular complexity index is 1010. The van der Waals surface area contributed by atoms with Crippen LogP contribution in [0.25, 0.3) is 0 Å². The number of nitrogens with one attached hydrogen (secondary N) is 1. The molecule has 1 N–H and O–H groups in total. The van der Waals surface area contributed by atoms with E-state index in [9.17, 15) is 4.79 Å². The third kappa shape index (κ3) is 5.60. The van der Waals surface area contributed by atoms with Crippen molar-refractivity contribution in [2.24, 2.45) is 0 Å². The molecule has 5 nitrogen and oxygen atoms in total. The summed E-state index contributed by atoms with van der Waals surface area (Å²) in [6, 6.07) is 18.5. The molecule has 1 amide bonds. The summed E-state index contributed by atoms with van der Waals surface area (Å²) in [6.07, 6.45) is 0.101. The molecule has 30 heavy (non-hydrogen) atoms. The molecule has 0 unspecified atom stereocenters. The number of aryl methyl sites for hydroxylation is 1. The molecule has 3 rings (SSSR count). The predicted molar refractivity (Wildman–Crippen MR) is 120 cm³/mol. The Morgan fingerprint density at radius 3 is 2.23 bits per heavy atom. The minimum Gasteiger partial charge on any atom is -0.491 e. The number of rotatable bonds is 7. The smallest absolute Gasteiger partial charge is 0.257 e. The second kappa shape index (κ2) is 9.44. The van der Waals surface area contributed by atoms with Crippen molar-refractivity contribution < 1.29 is 14.3 Å². The van der Waals surface area contributed by atoms with E-state index in [0.717, 1.165) is 17.1 Å². The van der Waals surface area contributed by atoms with E-state index in [4.69, 9.17) is 9.47 Å². The second-order valence-corrected chi connectivity index (χ2v) is 7.75. The van der Waals surface area contributed by atoms with Crippen molar-refractivity contribution in [1.82, 2.24) is 4.98 Å². The van der Waals surface area contributed by atoms with Gasteiger partial charge in [-0.2, -0.15) is 0 Å². The van der Waals surface area contributed by atoms with Gasteiger partial charge >= 0.3 is 0 Å². The van der Waals surface area contributed by atoms with Gasteiger partial charge in [0.2, 0.25) is 0 Å². The average molecular weight is 405 g/mol. The van der Waals surface area contributed by atoms with Crippen LogP contribution in [0.4, 0.5) is 5.69 Å². The molecule has 5 heteroatoms. The lowest BCUT2D eigenvalue weighted by Gasteiger charge is -2.12. The molecule has 0 saturated carbocycles. The average Bonchev–Trinajstić information content (AvgIpc) is 2.69. The lowest BCUT2D eigenvalue weighted by molar-refractivity contribution is 0.102. The van der Waals surface area contributed by atoms with Crippen LogP contribution in [0, 0.1) is 6.92 Å². The number of aromatic nitrogens is 1. The molecule has 0 fully saturated rings. The number of hydrogen-bond acceptors (Lipinski definition) is 4. The van der Waals surface area contributed by atoms with Gasteiger partial charge in [-0.1, -0.05) is 19.9 Å². The summed E-state index contributed by atoms with van der Waals surface area (Å²) in [5.41, 5.74) is 2.97. The molecule has 0 aliphatic carbocycles. The molecule has 2 aromatic carbocycles. The zero-order chi connectivity index (χ0) is 21.7. The number of ether oxygens (including phenoxy) is 2. The van der Waals surface area contributed by atoms with Crippen molar-refractivity contribution in [2.45, 2.75) is 46.6 Å². The lowest BCUT2D eigenvalue weighted by Crippen LogP contribution is -2.14. The standard InChI is InChI=1S/C25H28N2O3/c1-16(2)24-14-13-23(18(5)26-24)25(28)27-19-9-11-20(12-10-19)30-22-8-6-7-21(15-22)29-17(3)4/h6-17H,1-5H3,(H,27,28). The zero-order valence-corrected chi connectivity index (χ0v) is 18.1. The van der Waals surface area contributed by atoms with Crippen molar-refractivity contribution in [1.29, 1.82) is 0 Å². The van der Waals surface area contributed by atoms with Gasteiger partial charge in [0.15, 0.2) is 0 Å². The fraction of sp³-hybridized carbons (Fsp3) is 0.280. The summed E-state index contributed by atoms with van der Waals surface area (Å²) in [6.45, 7) is 9.99. The third-order valence-electron chi connectivity index (χ3n) is 4.47. The number of carbonyl (C=O) groups is 1. The summed E-state index contributed by atoms with van der Waals surface area (Å²) in [4.78, 5) is 17.2. The summed E-state index contributed by atoms with van der Waals surface area (Å²) in [5.74, 6) is 2.28. The van der Waals surface area contributed by atoms with E-state index in [1.807, 2.05) is 81.4 Å². The number of pyridine rings is 1. The van der Waals surface area contributed by atoms with Crippen LogP contribution in [0.15, 0.2) is 60.7 Å². The first-order chi connectivity index (χ1) is 14.3. The summed E-state index contributed by atoms with van der Waals surface area (Å²) >= 11 is 0. The van der Waals surface area contributed by atoms with Crippen LogP contribution in [0.5, 0.6) is 17.2 Å². The minimum atomic E-state index is -0.178. The zero-order valence-electron chi connectivity index (χ0n) is 18.1. The summed E-state index contributed by atoms with van der Waals surface area (Å²) in [5, 5.41) is 2.92. The van der Waals surface area contributed by atoms with Crippen LogP contribution in [0.1, 0.15) is 55.4 Å². The first-order valence-corrected chi connectivity index (χ1v) is 10.2. The summed E-state index contributed by atoms with van der Waals surface area (Å²) in [7, 11) is 0. The van der Waals surface area contributed by atoms with E-state index >= 15 is 0 Å². The highest BCUT2D eigenvalue weighted by Gasteiger charge is 2.12. The molecular formula is C25H28N2O3. The van der Waals surface area contributed by atoms with Crippen molar-refractivity contribution in [3.8, 4) is 17.2 Å². The Kier molecular flexibility index (Phi) is 6.72. The van der Waals surface area contributed by atoms with Gasteiger partial charge in [-0.15, -0.1) is 0 Å². The number of hydrogen-bond donors (Lipinski definition) is 1. The highest BCUT2D eigenvalue weighted by molar-refractivity contribution is 6.05. The molecule has 156 valence electrons. The van der Waals surface area contributed by atoms with E-state index in [0.29, 0.717) is 28.7 Å². The molecule has 0 saturated heterocycles. The molecule has 0 aliphatic rings. The van der Waals surface area contributed by atoms with Gasteiger partial charge in [-0.05, 0) is 75.2 Å². The van der Waals surface area contributed by atoms with Crippen LogP contribution in [-0.4, -0.2) is 17.0 Å². The number of benzene rings is 2. The topological polar surface area (TPSA) is 60.5 Å². The fourth-order valence-electron chi connectivity index (χ4n) is 2.97. The Morgan fingerprint density at radius 1 is 0.900 bits per heavy atom. The van der Waals surface area contributed by atoms with Crippen molar-refractivity contribution in [3.63, 3.8) is 0 Å². The normalized spacial score (nSPS) is 10.9. The van der Waals surface area contributed by atoms with Crippen molar-refractivity contribution >= 4 is 11.6 Å². The molecule has 0 aliphatic heterocycles. The number of amides is 1. The molecule has 0 bridgehead atoms. The molecule has 0 radical (unpaired) electrons. The van der Waals surface area contributed by atoms with Gasteiger partial charge in [-0.25, -0.2) is 0 Å². The maximum absolute atomic E-state index is 12.6. The van der Waals surface area contributed by atoms with E-state index in [1.165, 1.54) is 0 Å². The molecular weight excluding hydrogens is 376 g/mol. The SMILES string of the molecule is Cc1nc(C(C)C)ccc1C(=O)Nc1ccc(Oc2cccc(OC(C)C)c2)cc1. The van der Waals surface area contributed by atoms with Crippen LogP contribution < -0.4 is 14.8 Å². The van der Waals surface area contributed by atoms with Gasteiger partial charge in [0, 0.05) is 17.4 Å². The van der Waals surface area contributed by atoms with Crippen LogP contribution >= 0.6 is 0 Å². The van der Waals surface area contributed by atoms with E-state index in [1.54, 1.807) is 0 Å². The Hall–Kier alpha value is -3.34. The van der Waals surface area contributed by atoms with Gasteiger partial charge in [0.25, 0.3) is 5.91 Å². The quantitative estimate of drug-likeness (QED) is 0.499. The van der Waals surface area contributed by atoms with Crippen LogP contribution in [-0.2, 0) is 0 Å². The first-order valence-electron chi connectivity index (χ1n) is 10.2.